The van der Waals surface area contributed by atoms with E-state index in [1.807, 2.05) is 18.5 Å². The number of imidazole rings is 1. The van der Waals surface area contributed by atoms with E-state index >= 15 is 0 Å². The van der Waals surface area contributed by atoms with Crippen LogP contribution in [0.5, 0.6) is 5.75 Å². The predicted octanol–water partition coefficient (Wildman–Crippen LogP) is 1.96. The highest BCUT2D eigenvalue weighted by atomic mass is 16.5. The van der Waals surface area contributed by atoms with Gasteiger partial charge >= 0.3 is 0 Å². The number of nitrogens with zero attached hydrogens (tertiary/aromatic N) is 2. The van der Waals surface area contributed by atoms with Crippen LogP contribution in [0.4, 0.5) is 0 Å². The average Bonchev–Trinajstić information content (AvgIpc) is 2.85. The summed E-state index contributed by atoms with van der Waals surface area (Å²) in [7, 11) is 1.66. The highest BCUT2D eigenvalue weighted by Gasteiger charge is 2.06. The molecule has 4 heteroatoms. The topological polar surface area (TPSA) is 53.1 Å². The Morgan fingerprint density at radius 2 is 2.22 bits per heavy atom. The molecule has 1 heterocycles. The highest BCUT2D eigenvalue weighted by Crippen LogP contribution is 2.20. The molecule has 0 saturated carbocycles. The molecule has 0 aliphatic carbocycles. The second kappa shape index (κ2) is 5.69. The summed E-state index contributed by atoms with van der Waals surface area (Å²) in [6.07, 6.45) is 4.66. The highest BCUT2D eigenvalue weighted by molar-refractivity contribution is 5.38. The van der Waals surface area contributed by atoms with Gasteiger partial charge in [-0.05, 0) is 18.6 Å². The molecule has 0 atom stereocenters. The molecule has 0 fully saturated rings. The van der Waals surface area contributed by atoms with E-state index in [1.54, 1.807) is 7.11 Å². The van der Waals surface area contributed by atoms with Crippen LogP contribution in [-0.2, 0) is 19.5 Å². The van der Waals surface area contributed by atoms with Gasteiger partial charge in [0.15, 0.2) is 0 Å². The molecule has 96 valence electrons. The van der Waals surface area contributed by atoms with Gasteiger partial charge in [0.05, 0.1) is 7.11 Å². The first-order valence-corrected chi connectivity index (χ1v) is 6.14. The fourth-order valence-corrected chi connectivity index (χ4v) is 2.08. The molecular weight excluding hydrogens is 226 g/mol. The molecule has 0 bridgehead atoms. The normalized spacial score (nSPS) is 10.6. The lowest BCUT2D eigenvalue weighted by Gasteiger charge is -2.10. The SMILES string of the molecule is CCn1ccnc1Cc1ccc(OC)c(CN)c1. The molecule has 1 aromatic heterocycles. The summed E-state index contributed by atoms with van der Waals surface area (Å²) in [5.41, 5.74) is 7.96. The maximum absolute atomic E-state index is 5.72. The number of nitrogens with two attached hydrogens (primary N) is 1. The van der Waals surface area contributed by atoms with Crippen LogP contribution in [0.2, 0.25) is 0 Å². The molecular formula is C14H19N3O. The van der Waals surface area contributed by atoms with Crippen molar-refractivity contribution in [1.82, 2.24) is 9.55 Å². The lowest BCUT2D eigenvalue weighted by Crippen LogP contribution is -2.04. The molecule has 2 N–H and O–H groups in total. The summed E-state index contributed by atoms with van der Waals surface area (Å²) in [5, 5.41) is 0. The van der Waals surface area contributed by atoms with Crippen molar-refractivity contribution in [2.75, 3.05) is 7.11 Å². The lowest BCUT2D eigenvalue weighted by molar-refractivity contribution is 0.409. The van der Waals surface area contributed by atoms with Gasteiger partial charge in [0.1, 0.15) is 11.6 Å². The Hall–Kier alpha value is -1.81. The zero-order valence-electron chi connectivity index (χ0n) is 10.9. The number of ether oxygens (including phenoxy) is 1. The Morgan fingerprint density at radius 3 is 2.89 bits per heavy atom. The molecule has 0 saturated heterocycles. The molecule has 0 aliphatic heterocycles. The standard InChI is InChI=1S/C14H19N3O/c1-3-17-7-6-16-14(17)9-11-4-5-13(18-2)12(8-11)10-15/h4-8H,3,9-10,15H2,1-2H3. The van der Waals surface area contributed by atoms with Gasteiger partial charge in [0.25, 0.3) is 0 Å². The van der Waals surface area contributed by atoms with Crippen LogP contribution in [-0.4, -0.2) is 16.7 Å². The fraction of sp³-hybridized carbons (Fsp3) is 0.357. The van der Waals surface area contributed by atoms with E-state index in [0.29, 0.717) is 6.54 Å². The summed E-state index contributed by atoms with van der Waals surface area (Å²) in [6.45, 7) is 3.54. The van der Waals surface area contributed by atoms with Crippen molar-refractivity contribution in [3.63, 3.8) is 0 Å². The van der Waals surface area contributed by atoms with Crippen LogP contribution in [0.3, 0.4) is 0 Å². The summed E-state index contributed by atoms with van der Waals surface area (Å²) in [4.78, 5) is 4.38. The molecule has 0 amide bonds. The summed E-state index contributed by atoms with van der Waals surface area (Å²) >= 11 is 0. The van der Waals surface area contributed by atoms with Crippen LogP contribution >= 0.6 is 0 Å². The van der Waals surface area contributed by atoms with Gasteiger partial charge < -0.3 is 15.0 Å². The first-order valence-electron chi connectivity index (χ1n) is 6.14. The second-order valence-electron chi connectivity index (χ2n) is 4.16. The molecule has 2 rings (SSSR count). The van der Waals surface area contributed by atoms with Gasteiger partial charge in [-0.3, -0.25) is 0 Å². The second-order valence-corrected chi connectivity index (χ2v) is 4.16. The number of hydrogen-bond acceptors (Lipinski definition) is 3. The summed E-state index contributed by atoms with van der Waals surface area (Å²) in [6, 6.07) is 6.12. The average molecular weight is 245 g/mol. The minimum Gasteiger partial charge on any atom is -0.496 e. The molecule has 0 radical (unpaired) electrons. The molecule has 0 aliphatic rings. The molecule has 2 aromatic rings. The Bertz CT molecular complexity index is 520. The molecule has 0 spiro atoms. The van der Waals surface area contributed by atoms with Crippen molar-refractivity contribution in [2.45, 2.75) is 26.4 Å². The third-order valence-electron chi connectivity index (χ3n) is 3.07. The zero-order chi connectivity index (χ0) is 13.0. The third-order valence-corrected chi connectivity index (χ3v) is 3.07. The van der Waals surface area contributed by atoms with Crippen LogP contribution < -0.4 is 10.5 Å². The van der Waals surface area contributed by atoms with Crippen molar-refractivity contribution in [3.8, 4) is 5.75 Å². The molecule has 0 unspecified atom stereocenters. The number of methoxy groups -OCH3 is 1. The van der Waals surface area contributed by atoms with Crippen LogP contribution in [0.25, 0.3) is 0 Å². The smallest absolute Gasteiger partial charge is 0.123 e. The van der Waals surface area contributed by atoms with Crippen LogP contribution in [0, 0.1) is 0 Å². The zero-order valence-corrected chi connectivity index (χ0v) is 10.9. The first-order chi connectivity index (χ1) is 8.78. The van der Waals surface area contributed by atoms with Gasteiger partial charge in [0.2, 0.25) is 0 Å². The van der Waals surface area contributed by atoms with Gasteiger partial charge in [-0.2, -0.15) is 0 Å². The van der Waals surface area contributed by atoms with Crippen LogP contribution in [0.1, 0.15) is 23.9 Å². The maximum atomic E-state index is 5.72. The summed E-state index contributed by atoms with van der Waals surface area (Å²) < 4.78 is 7.42. The minimum absolute atomic E-state index is 0.485. The number of hydrogen-bond donors (Lipinski definition) is 1. The Balaban J connectivity index is 2.24. The van der Waals surface area contributed by atoms with Crippen molar-refractivity contribution < 1.29 is 4.74 Å². The first kappa shape index (κ1) is 12.6. The Kier molecular flexibility index (Phi) is 3.99. The number of aryl methyl sites for hydroxylation is 1. The van der Waals surface area contributed by atoms with Gasteiger partial charge in [-0.1, -0.05) is 12.1 Å². The number of benzene rings is 1. The van der Waals surface area contributed by atoms with E-state index in [-0.39, 0.29) is 0 Å². The molecule has 1 aromatic carbocycles. The minimum atomic E-state index is 0.485. The third kappa shape index (κ3) is 2.54. The summed E-state index contributed by atoms with van der Waals surface area (Å²) in [5.74, 6) is 1.92. The van der Waals surface area contributed by atoms with Crippen molar-refractivity contribution in [2.24, 2.45) is 5.73 Å². The quantitative estimate of drug-likeness (QED) is 0.876. The van der Waals surface area contributed by atoms with Gasteiger partial charge in [0, 0.05) is 37.5 Å². The van der Waals surface area contributed by atoms with E-state index in [9.17, 15) is 0 Å². The van der Waals surface area contributed by atoms with E-state index in [1.165, 1.54) is 5.56 Å². The largest absolute Gasteiger partial charge is 0.496 e. The van der Waals surface area contributed by atoms with E-state index in [2.05, 4.69) is 28.6 Å². The number of rotatable bonds is 5. The van der Waals surface area contributed by atoms with Gasteiger partial charge in [-0.25, -0.2) is 4.98 Å². The van der Waals surface area contributed by atoms with Crippen molar-refractivity contribution in [1.29, 1.82) is 0 Å². The monoisotopic (exact) mass is 245 g/mol. The lowest BCUT2D eigenvalue weighted by atomic mass is 10.1. The van der Waals surface area contributed by atoms with Crippen molar-refractivity contribution >= 4 is 0 Å². The van der Waals surface area contributed by atoms with E-state index in [4.69, 9.17) is 10.5 Å². The van der Waals surface area contributed by atoms with Gasteiger partial charge in [-0.15, -0.1) is 0 Å². The van der Waals surface area contributed by atoms with Crippen molar-refractivity contribution in [3.05, 3.63) is 47.5 Å². The Morgan fingerprint density at radius 1 is 1.39 bits per heavy atom. The number of aromatic nitrogens is 2. The fourth-order valence-electron chi connectivity index (χ4n) is 2.08. The van der Waals surface area contributed by atoms with E-state index < -0.39 is 0 Å². The van der Waals surface area contributed by atoms with E-state index in [0.717, 1.165) is 30.1 Å². The molecule has 4 nitrogen and oxygen atoms in total. The predicted molar refractivity (Wildman–Crippen MR) is 71.6 cm³/mol. The Labute approximate surface area is 107 Å². The maximum Gasteiger partial charge on any atom is 0.123 e. The van der Waals surface area contributed by atoms with Crippen LogP contribution in [0.15, 0.2) is 30.6 Å². The molecule has 18 heavy (non-hydrogen) atoms.